The lowest BCUT2D eigenvalue weighted by Gasteiger charge is -2.03. The van der Waals surface area contributed by atoms with Crippen molar-refractivity contribution in [3.63, 3.8) is 0 Å². The smallest absolute Gasteiger partial charge is 0.343 e. The highest BCUT2D eigenvalue weighted by Crippen LogP contribution is 2.29. The molecular formula is C15H14N2O5. The Labute approximate surface area is 126 Å². The van der Waals surface area contributed by atoms with Crippen LogP contribution in [0.25, 0.3) is 6.08 Å². The van der Waals surface area contributed by atoms with E-state index in [4.69, 9.17) is 4.74 Å². The van der Waals surface area contributed by atoms with Crippen LogP contribution in [0.4, 0.5) is 5.69 Å². The highest BCUT2D eigenvalue weighted by molar-refractivity contribution is 6.22. The molecule has 1 aliphatic heterocycles. The lowest BCUT2D eigenvalue weighted by Crippen LogP contribution is -2.13. The van der Waals surface area contributed by atoms with Crippen LogP contribution in [-0.2, 0) is 9.53 Å². The van der Waals surface area contributed by atoms with Crippen LogP contribution in [0, 0.1) is 10.1 Å². The number of esters is 1. The zero-order valence-corrected chi connectivity index (χ0v) is 12.1. The molecule has 0 saturated heterocycles. The summed E-state index contributed by atoms with van der Waals surface area (Å²) in [6.07, 6.45) is 1.36. The number of nitrogens with zero attached hydrogens (tertiary/aromatic N) is 2. The van der Waals surface area contributed by atoms with E-state index in [1.54, 1.807) is 26.0 Å². The SMILES string of the molecule is CCOC(=O)C1=C(O)/C(=C/c2ccccc2[N+](=O)[O-])N=C1C. The number of aliphatic imine (C=N–C) groups is 1. The zero-order chi connectivity index (χ0) is 16.3. The number of carbonyl (C=O) groups is 1. The fourth-order valence-electron chi connectivity index (χ4n) is 2.06. The molecular weight excluding hydrogens is 288 g/mol. The Morgan fingerprint density at radius 3 is 2.77 bits per heavy atom. The number of carbonyl (C=O) groups excluding carboxylic acids is 1. The zero-order valence-electron chi connectivity index (χ0n) is 12.1. The fourth-order valence-corrected chi connectivity index (χ4v) is 2.06. The average Bonchev–Trinajstić information content (AvgIpc) is 2.74. The van der Waals surface area contributed by atoms with Crippen molar-refractivity contribution in [1.82, 2.24) is 0 Å². The lowest BCUT2D eigenvalue weighted by molar-refractivity contribution is -0.385. The average molecular weight is 302 g/mol. The van der Waals surface area contributed by atoms with E-state index in [-0.39, 0.29) is 34.9 Å². The van der Waals surface area contributed by atoms with Crippen LogP contribution in [0.2, 0.25) is 0 Å². The number of nitro benzene ring substituents is 1. The van der Waals surface area contributed by atoms with E-state index in [1.807, 2.05) is 0 Å². The number of para-hydroxylation sites is 1. The molecule has 1 N–H and O–H groups in total. The van der Waals surface area contributed by atoms with E-state index in [2.05, 4.69) is 4.99 Å². The molecule has 114 valence electrons. The van der Waals surface area contributed by atoms with Crippen LogP contribution in [0.1, 0.15) is 19.4 Å². The fraction of sp³-hybridized carbons (Fsp3) is 0.200. The maximum atomic E-state index is 11.8. The maximum Gasteiger partial charge on any atom is 0.343 e. The van der Waals surface area contributed by atoms with Crippen molar-refractivity contribution in [2.75, 3.05) is 6.61 Å². The molecule has 22 heavy (non-hydrogen) atoms. The molecule has 0 amide bonds. The van der Waals surface area contributed by atoms with Crippen molar-refractivity contribution in [2.45, 2.75) is 13.8 Å². The number of nitro groups is 1. The maximum absolute atomic E-state index is 11.8. The van der Waals surface area contributed by atoms with Gasteiger partial charge in [-0.1, -0.05) is 12.1 Å². The molecule has 1 aromatic rings. The molecule has 0 aliphatic carbocycles. The van der Waals surface area contributed by atoms with Crippen molar-refractivity contribution in [3.05, 3.63) is 57.0 Å². The second-order valence-electron chi connectivity index (χ2n) is 4.49. The second kappa shape index (κ2) is 6.21. The summed E-state index contributed by atoms with van der Waals surface area (Å²) < 4.78 is 4.85. The first-order chi connectivity index (χ1) is 10.5. The van der Waals surface area contributed by atoms with Crippen LogP contribution in [-0.4, -0.2) is 28.3 Å². The van der Waals surface area contributed by atoms with Crippen molar-refractivity contribution in [3.8, 4) is 0 Å². The quantitative estimate of drug-likeness (QED) is 0.523. The Morgan fingerprint density at radius 1 is 1.45 bits per heavy atom. The molecule has 7 nitrogen and oxygen atoms in total. The van der Waals surface area contributed by atoms with E-state index in [0.717, 1.165) is 0 Å². The molecule has 0 bridgehead atoms. The van der Waals surface area contributed by atoms with E-state index in [0.29, 0.717) is 5.71 Å². The topological polar surface area (TPSA) is 102 Å². The van der Waals surface area contributed by atoms with Gasteiger partial charge in [-0.3, -0.25) is 10.1 Å². The summed E-state index contributed by atoms with van der Waals surface area (Å²) in [4.78, 5) is 26.3. The number of ether oxygens (including phenoxy) is 1. The number of benzene rings is 1. The second-order valence-corrected chi connectivity index (χ2v) is 4.49. The van der Waals surface area contributed by atoms with Crippen LogP contribution in [0.5, 0.6) is 0 Å². The van der Waals surface area contributed by atoms with E-state index >= 15 is 0 Å². The van der Waals surface area contributed by atoms with Gasteiger partial charge in [-0.25, -0.2) is 9.79 Å². The van der Waals surface area contributed by atoms with E-state index < -0.39 is 10.9 Å². The van der Waals surface area contributed by atoms with Crippen LogP contribution >= 0.6 is 0 Å². The molecule has 7 heteroatoms. The molecule has 1 aliphatic rings. The molecule has 0 atom stereocenters. The molecule has 0 saturated carbocycles. The molecule has 0 unspecified atom stereocenters. The number of aliphatic hydroxyl groups excluding tert-OH is 1. The molecule has 0 spiro atoms. The molecule has 0 fully saturated rings. The van der Waals surface area contributed by atoms with Crippen molar-refractivity contribution < 1.29 is 19.6 Å². The highest BCUT2D eigenvalue weighted by Gasteiger charge is 2.28. The predicted molar refractivity (Wildman–Crippen MR) is 80.5 cm³/mol. The van der Waals surface area contributed by atoms with Crippen LogP contribution < -0.4 is 0 Å². The standard InChI is InChI=1S/C15H14N2O5/c1-3-22-15(19)13-9(2)16-11(14(13)18)8-10-6-4-5-7-12(10)17(20)21/h4-8,18H,3H2,1-2H3/b11-8-. The van der Waals surface area contributed by atoms with E-state index in [9.17, 15) is 20.0 Å². The van der Waals surface area contributed by atoms with Gasteiger partial charge in [0.15, 0.2) is 5.76 Å². The summed E-state index contributed by atoms with van der Waals surface area (Å²) in [5.74, 6) is -1.01. The van der Waals surface area contributed by atoms with Gasteiger partial charge in [-0.15, -0.1) is 0 Å². The Morgan fingerprint density at radius 2 is 2.14 bits per heavy atom. The molecule has 1 heterocycles. The van der Waals surface area contributed by atoms with Gasteiger partial charge in [0.1, 0.15) is 11.3 Å². The van der Waals surface area contributed by atoms with Gasteiger partial charge >= 0.3 is 5.97 Å². The third kappa shape index (κ3) is 2.88. The van der Waals surface area contributed by atoms with Gasteiger partial charge in [0.25, 0.3) is 5.69 Å². The Kier molecular flexibility index (Phi) is 4.36. The first-order valence-corrected chi connectivity index (χ1v) is 6.57. The Balaban J connectivity index is 2.47. The van der Waals surface area contributed by atoms with Gasteiger partial charge in [-0.05, 0) is 26.0 Å². The summed E-state index contributed by atoms with van der Waals surface area (Å²) in [7, 11) is 0. The monoisotopic (exact) mass is 302 g/mol. The molecule has 1 aromatic carbocycles. The van der Waals surface area contributed by atoms with Gasteiger partial charge in [-0.2, -0.15) is 0 Å². The van der Waals surface area contributed by atoms with Gasteiger partial charge in [0.05, 0.1) is 22.8 Å². The third-order valence-corrected chi connectivity index (χ3v) is 3.03. The Hall–Kier alpha value is -2.96. The summed E-state index contributed by atoms with van der Waals surface area (Å²) in [6.45, 7) is 3.38. The van der Waals surface area contributed by atoms with Crippen molar-refractivity contribution in [1.29, 1.82) is 0 Å². The summed E-state index contributed by atoms with van der Waals surface area (Å²) in [5, 5.41) is 21.1. The van der Waals surface area contributed by atoms with Gasteiger partial charge < -0.3 is 9.84 Å². The summed E-state index contributed by atoms with van der Waals surface area (Å²) in [6, 6.07) is 6.07. The highest BCUT2D eigenvalue weighted by atomic mass is 16.6. The van der Waals surface area contributed by atoms with E-state index in [1.165, 1.54) is 18.2 Å². The van der Waals surface area contributed by atoms with Gasteiger partial charge in [0, 0.05) is 6.07 Å². The lowest BCUT2D eigenvalue weighted by atomic mass is 10.1. The number of hydrogen-bond donors (Lipinski definition) is 1. The summed E-state index contributed by atoms with van der Waals surface area (Å²) >= 11 is 0. The minimum Gasteiger partial charge on any atom is -0.505 e. The minimum absolute atomic E-state index is 0.0216. The number of rotatable bonds is 4. The van der Waals surface area contributed by atoms with Crippen LogP contribution in [0.3, 0.4) is 0 Å². The first kappa shape index (κ1) is 15.4. The third-order valence-electron chi connectivity index (χ3n) is 3.03. The van der Waals surface area contributed by atoms with Gasteiger partial charge in [0.2, 0.25) is 0 Å². The largest absolute Gasteiger partial charge is 0.505 e. The van der Waals surface area contributed by atoms with Crippen molar-refractivity contribution >= 4 is 23.4 Å². The van der Waals surface area contributed by atoms with Crippen molar-refractivity contribution in [2.24, 2.45) is 4.99 Å². The Bertz CT molecular complexity index is 731. The summed E-state index contributed by atoms with van der Waals surface area (Å²) in [5.41, 5.74) is 0.554. The first-order valence-electron chi connectivity index (χ1n) is 6.57. The van der Waals surface area contributed by atoms with Crippen LogP contribution in [0.15, 0.2) is 46.3 Å². The molecule has 0 radical (unpaired) electrons. The number of hydrogen-bond acceptors (Lipinski definition) is 6. The number of aliphatic hydroxyl groups is 1. The minimum atomic E-state index is -0.674. The normalized spacial score (nSPS) is 15.9. The molecule has 2 rings (SSSR count). The predicted octanol–water partition coefficient (Wildman–Crippen LogP) is 2.79. The molecule has 0 aromatic heterocycles.